The van der Waals surface area contributed by atoms with Gasteiger partial charge in [-0.2, -0.15) is 0 Å². The summed E-state index contributed by atoms with van der Waals surface area (Å²) < 4.78 is 1.32. The minimum absolute atomic E-state index is 0.491. The Hall–Kier alpha value is -6.16. The van der Waals surface area contributed by atoms with Crippen molar-refractivity contribution in [3.05, 3.63) is 192 Å². The zero-order chi connectivity index (χ0) is 32.8. The van der Waals surface area contributed by atoms with Crippen LogP contribution in [0.15, 0.2) is 170 Å². The van der Waals surface area contributed by atoms with Crippen molar-refractivity contribution >= 4 is 32.2 Å². The molecule has 0 amide bonds. The Labute approximate surface area is 294 Å². The Morgan fingerprint density at radius 1 is 0.420 bits per heavy atom. The number of rotatable bonds is 3. The summed E-state index contributed by atoms with van der Waals surface area (Å²) in [6.45, 7) is 0. The second kappa shape index (κ2) is 10.4. The van der Waals surface area contributed by atoms with E-state index in [4.69, 9.17) is 9.97 Å². The number of fused-ring (bicyclic) bond motifs is 13. The smallest absolute Gasteiger partial charge is 0.160 e. The second-order valence-corrected chi connectivity index (χ2v) is 14.3. The molecule has 0 unspecified atom stereocenters. The summed E-state index contributed by atoms with van der Waals surface area (Å²) in [5.74, 6) is 0.726. The van der Waals surface area contributed by atoms with Crippen molar-refractivity contribution in [3.8, 4) is 55.5 Å². The molecule has 3 heteroatoms. The van der Waals surface area contributed by atoms with Crippen LogP contribution in [0.3, 0.4) is 0 Å². The average molecular weight is 653 g/mol. The molecule has 2 aromatic heterocycles. The SMILES string of the molecule is c1ccc(-c2cc(-c3cccc4c3C3(c5ccccc5-c5ccccc53)c3c-4sc4ccccc34)nc(-c3ccc4ccccc4c3)n2)cc1. The van der Waals surface area contributed by atoms with E-state index in [9.17, 15) is 0 Å². The van der Waals surface area contributed by atoms with Crippen LogP contribution in [0.5, 0.6) is 0 Å². The van der Waals surface area contributed by atoms with E-state index < -0.39 is 5.41 Å². The van der Waals surface area contributed by atoms with E-state index in [1.165, 1.54) is 64.7 Å². The maximum atomic E-state index is 5.45. The first-order valence-electron chi connectivity index (χ1n) is 17.1. The van der Waals surface area contributed by atoms with Gasteiger partial charge in [-0.1, -0.05) is 152 Å². The monoisotopic (exact) mass is 652 g/mol. The molecule has 0 atom stereocenters. The van der Waals surface area contributed by atoms with Crippen molar-refractivity contribution in [2.24, 2.45) is 0 Å². The minimum Gasteiger partial charge on any atom is -0.228 e. The molecular weight excluding hydrogens is 625 g/mol. The van der Waals surface area contributed by atoms with Crippen molar-refractivity contribution in [2.45, 2.75) is 5.41 Å². The van der Waals surface area contributed by atoms with Crippen LogP contribution in [0, 0.1) is 0 Å². The third-order valence-corrected chi connectivity index (χ3v) is 11.9. The Balaban J connectivity index is 1.25. The van der Waals surface area contributed by atoms with E-state index >= 15 is 0 Å². The lowest BCUT2D eigenvalue weighted by Gasteiger charge is -2.32. The number of hydrogen-bond acceptors (Lipinski definition) is 3. The molecule has 0 saturated carbocycles. The molecule has 7 aromatic carbocycles. The number of aromatic nitrogens is 2. The molecule has 2 aliphatic rings. The summed E-state index contributed by atoms with van der Waals surface area (Å²) in [6.07, 6.45) is 0. The van der Waals surface area contributed by atoms with E-state index in [2.05, 4.69) is 170 Å². The van der Waals surface area contributed by atoms with Gasteiger partial charge in [-0.3, -0.25) is 0 Å². The van der Waals surface area contributed by atoms with E-state index in [-0.39, 0.29) is 0 Å². The fraction of sp³-hybridized carbons (Fsp3) is 0.0213. The van der Waals surface area contributed by atoms with Crippen molar-refractivity contribution in [1.29, 1.82) is 0 Å². The van der Waals surface area contributed by atoms with E-state index in [0.29, 0.717) is 0 Å². The van der Waals surface area contributed by atoms with Gasteiger partial charge in [0.15, 0.2) is 5.82 Å². The first-order chi connectivity index (χ1) is 24.8. The van der Waals surface area contributed by atoms with Gasteiger partial charge in [0.1, 0.15) is 0 Å². The van der Waals surface area contributed by atoms with E-state index in [1.54, 1.807) is 0 Å². The van der Waals surface area contributed by atoms with Crippen LogP contribution in [-0.2, 0) is 5.41 Å². The van der Waals surface area contributed by atoms with E-state index in [0.717, 1.165) is 33.9 Å². The Morgan fingerprint density at radius 3 is 1.88 bits per heavy atom. The van der Waals surface area contributed by atoms with Crippen LogP contribution >= 0.6 is 11.3 Å². The third-order valence-electron chi connectivity index (χ3n) is 10.7. The quantitative estimate of drug-likeness (QED) is 0.190. The van der Waals surface area contributed by atoms with Gasteiger partial charge >= 0.3 is 0 Å². The summed E-state index contributed by atoms with van der Waals surface area (Å²) in [6, 6.07) is 61.6. The topological polar surface area (TPSA) is 25.8 Å². The molecule has 2 heterocycles. The highest BCUT2D eigenvalue weighted by molar-refractivity contribution is 7.22. The van der Waals surface area contributed by atoms with Gasteiger partial charge in [-0.05, 0) is 73.3 Å². The fourth-order valence-electron chi connectivity index (χ4n) is 8.66. The molecule has 50 heavy (non-hydrogen) atoms. The van der Waals surface area contributed by atoms with Crippen LogP contribution in [0.4, 0.5) is 0 Å². The lowest BCUT2D eigenvalue weighted by molar-refractivity contribution is 0.804. The Morgan fingerprint density at radius 2 is 1.06 bits per heavy atom. The van der Waals surface area contributed by atoms with Crippen LogP contribution in [0.25, 0.3) is 76.3 Å². The minimum atomic E-state index is -0.491. The molecule has 0 radical (unpaired) electrons. The van der Waals surface area contributed by atoms with Crippen molar-refractivity contribution in [2.75, 3.05) is 0 Å². The van der Waals surface area contributed by atoms with Crippen molar-refractivity contribution < 1.29 is 0 Å². The van der Waals surface area contributed by atoms with Gasteiger partial charge in [-0.25, -0.2) is 9.97 Å². The van der Waals surface area contributed by atoms with Crippen LogP contribution in [0.2, 0.25) is 0 Å². The molecule has 9 aromatic rings. The number of thiophene rings is 1. The predicted molar refractivity (Wildman–Crippen MR) is 208 cm³/mol. The highest BCUT2D eigenvalue weighted by Crippen LogP contribution is 2.67. The highest BCUT2D eigenvalue weighted by atomic mass is 32.1. The zero-order valence-corrected chi connectivity index (χ0v) is 27.8. The largest absolute Gasteiger partial charge is 0.228 e. The molecule has 2 nitrogen and oxygen atoms in total. The maximum Gasteiger partial charge on any atom is 0.160 e. The van der Waals surface area contributed by atoms with E-state index in [1.807, 2.05) is 11.3 Å². The average Bonchev–Trinajstić information content (AvgIpc) is 3.82. The predicted octanol–water partition coefficient (Wildman–Crippen LogP) is 12.2. The molecule has 0 N–H and O–H groups in total. The zero-order valence-electron chi connectivity index (χ0n) is 27.0. The van der Waals surface area contributed by atoms with Gasteiger partial charge in [0.05, 0.1) is 16.8 Å². The molecule has 232 valence electrons. The first kappa shape index (κ1) is 27.8. The van der Waals surface area contributed by atoms with Gasteiger partial charge in [-0.15, -0.1) is 11.3 Å². The third kappa shape index (κ3) is 3.73. The summed E-state index contributed by atoms with van der Waals surface area (Å²) in [7, 11) is 0. The summed E-state index contributed by atoms with van der Waals surface area (Å²) in [5.41, 5.74) is 13.8. The van der Waals surface area contributed by atoms with Crippen LogP contribution < -0.4 is 0 Å². The molecule has 0 fully saturated rings. The molecule has 0 aliphatic heterocycles. The lowest BCUT2D eigenvalue weighted by atomic mass is 9.68. The maximum absolute atomic E-state index is 5.45. The van der Waals surface area contributed by atoms with Gasteiger partial charge in [0, 0.05) is 26.3 Å². The van der Waals surface area contributed by atoms with Gasteiger partial charge in [0.25, 0.3) is 0 Å². The van der Waals surface area contributed by atoms with Gasteiger partial charge < -0.3 is 0 Å². The second-order valence-electron chi connectivity index (χ2n) is 13.3. The lowest BCUT2D eigenvalue weighted by Crippen LogP contribution is -2.26. The molecule has 1 spiro atoms. The molecule has 11 rings (SSSR count). The van der Waals surface area contributed by atoms with Crippen LogP contribution in [-0.4, -0.2) is 9.97 Å². The molecule has 0 bridgehead atoms. The number of hydrogen-bond donors (Lipinski definition) is 0. The Kier molecular flexibility index (Phi) is 5.78. The molecule has 0 saturated heterocycles. The number of benzene rings is 7. The summed E-state index contributed by atoms with van der Waals surface area (Å²) >= 11 is 1.91. The normalized spacial score (nSPS) is 13.4. The standard InChI is InChI=1S/C47H28N2S/c1-2-14-30(15-3-1)40-28-41(49-46(48-40)32-26-25-29-13-4-5-16-31(29)27-32)35-20-12-21-37-43(35)47(44-36-19-8-11-24-42(36)50-45(37)44)38-22-9-6-17-33(38)34-18-7-10-23-39(34)47/h1-28H. The summed E-state index contributed by atoms with van der Waals surface area (Å²) in [4.78, 5) is 12.0. The molecular formula is C47H28N2S. The van der Waals surface area contributed by atoms with Crippen molar-refractivity contribution in [3.63, 3.8) is 0 Å². The summed E-state index contributed by atoms with van der Waals surface area (Å²) in [5, 5.41) is 3.71. The highest BCUT2D eigenvalue weighted by Gasteiger charge is 2.54. The first-order valence-corrected chi connectivity index (χ1v) is 17.9. The Bertz CT molecular complexity index is 2780. The van der Waals surface area contributed by atoms with Crippen LogP contribution in [0.1, 0.15) is 22.3 Å². The number of nitrogens with zero attached hydrogens (tertiary/aromatic N) is 2. The van der Waals surface area contributed by atoms with Gasteiger partial charge in [0.2, 0.25) is 0 Å². The fourth-order valence-corrected chi connectivity index (χ4v) is 9.96. The molecule has 2 aliphatic carbocycles. The van der Waals surface area contributed by atoms with Crippen molar-refractivity contribution in [1.82, 2.24) is 9.97 Å².